The number of hydrogen-bond donors (Lipinski definition) is 1. The van der Waals surface area contributed by atoms with Crippen LogP contribution in [0.15, 0.2) is 34.9 Å². The highest BCUT2D eigenvalue weighted by Crippen LogP contribution is 2.29. The topological polar surface area (TPSA) is 64.4 Å². The Bertz CT molecular complexity index is 636. The molecular weight excluding hydrogens is 268 g/mol. The molecule has 0 unspecified atom stereocenters. The van der Waals surface area contributed by atoms with Gasteiger partial charge in [-0.3, -0.25) is 4.79 Å². The van der Waals surface area contributed by atoms with E-state index in [1.165, 1.54) is 11.1 Å². The molecule has 1 aliphatic carbocycles. The predicted octanol–water partition coefficient (Wildman–Crippen LogP) is 2.56. The monoisotopic (exact) mass is 286 g/mol. The van der Waals surface area contributed by atoms with Crippen LogP contribution in [0.3, 0.4) is 0 Å². The lowest BCUT2D eigenvalue weighted by Gasteiger charge is -2.26. The number of aryl methyl sites for hydroxylation is 2. The molecule has 3 rings (SSSR count). The average molecular weight is 286 g/mol. The van der Waals surface area contributed by atoms with E-state index in [2.05, 4.69) is 22.6 Å². The van der Waals surface area contributed by atoms with Crippen molar-refractivity contribution in [3.8, 4) is 5.88 Å². The van der Waals surface area contributed by atoms with Gasteiger partial charge in [0.15, 0.2) is 6.61 Å². The Balaban J connectivity index is 1.58. The standard InChI is InChI=1S/C16H18N2O3/c1-11-9-16(18-21-11)20-10-15(19)17-14-8-4-6-12-5-2-3-7-13(12)14/h2-3,5,7,9,14H,4,6,8,10H2,1H3,(H,17,19)/t14-/m1/s1. The predicted molar refractivity (Wildman–Crippen MR) is 77.0 cm³/mol. The molecule has 0 saturated carbocycles. The quantitative estimate of drug-likeness (QED) is 0.938. The molecule has 0 spiro atoms. The number of carbonyl (C=O) groups excluding carboxylic acids is 1. The fourth-order valence-corrected chi connectivity index (χ4v) is 2.69. The van der Waals surface area contributed by atoms with Gasteiger partial charge in [-0.1, -0.05) is 24.3 Å². The Morgan fingerprint density at radius 3 is 3.14 bits per heavy atom. The molecule has 5 heteroatoms. The molecule has 0 aliphatic heterocycles. The van der Waals surface area contributed by atoms with Gasteiger partial charge in [0.05, 0.1) is 6.04 Å². The summed E-state index contributed by atoms with van der Waals surface area (Å²) < 4.78 is 10.2. The first-order chi connectivity index (χ1) is 10.2. The summed E-state index contributed by atoms with van der Waals surface area (Å²) in [5.74, 6) is 0.857. The summed E-state index contributed by atoms with van der Waals surface area (Å²) in [6.45, 7) is 1.73. The molecule has 0 bridgehead atoms. The molecule has 1 atom stereocenters. The summed E-state index contributed by atoms with van der Waals surface area (Å²) in [6.07, 6.45) is 3.13. The SMILES string of the molecule is Cc1cc(OCC(=O)N[C@@H]2CCCc3ccccc32)no1. The Kier molecular flexibility index (Phi) is 3.90. The van der Waals surface area contributed by atoms with Crippen LogP contribution >= 0.6 is 0 Å². The number of amides is 1. The Morgan fingerprint density at radius 2 is 2.33 bits per heavy atom. The first-order valence-electron chi connectivity index (χ1n) is 7.15. The van der Waals surface area contributed by atoms with Gasteiger partial charge >= 0.3 is 0 Å². The highest BCUT2D eigenvalue weighted by molar-refractivity contribution is 5.78. The zero-order valence-electron chi connectivity index (χ0n) is 12.0. The van der Waals surface area contributed by atoms with Gasteiger partial charge in [0.1, 0.15) is 5.76 Å². The van der Waals surface area contributed by atoms with Gasteiger partial charge in [-0.2, -0.15) is 0 Å². The fourth-order valence-electron chi connectivity index (χ4n) is 2.69. The Labute approximate surface area is 123 Å². The van der Waals surface area contributed by atoms with Crippen LogP contribution in [0, 0.1) is 6.92 Å². The number of hydrogen-bond acceptors (Lipinski definition) is 4. The second-order valence-electron chi connectivity index (χ2n) is 5.28. The molecule has 110 valence electrons. The van der Waals surface area contributed by atoms with Crippen molar-refractivity contribution in [1.82, 2.24) is 10.5 Å². The van der Waals surface area contributed by atoms with Gasteiger partial charge in [-0.25, -0.2) is 0 Å². The third-order valence-electron chi connectivity index (χ3n) is 3.66. The van der Waals surface area contributed by atoms with Crippen molar-refractivity contribution in [2.75, 3.05) is 6.61 Å². The van der Waals surface area contributed by atoms with E-state index in [9.17, 15) is 4.79 Å². The van der Waals surface area contributed by atoms with Gasteiger partial charge < -0.3 is 14.6 Å². The molecule has 1 aromatic carbocycles. The van der Waals surface area contributed by atoms with Crippen LogP contribution in [0.2, 0.25) is 0 Å². The molecule has 1 heterocycles. The van der Waals surface area contributed by atoms with Crippen LogP contribution in [0.5, 0.6) is 5.88 Å². The van der Waals surface area contributed by atoms with Crippen LogP contribution in [0.1, 0.15) is 35.8 Å². The Morgan fingerprint density at radius 1 is 1.48 bits per heavy atom. The maximum absolute atomic E-state index is 12.0. The third kappa shape index (κ3) is 3.24. The van der Waals surface area contributed by atoms with Crippen molar-refractivity contribution in [2.45, 2.75) is 32.2 Å². The van der Waals surface area contributed by atoms with Crippen molar-refractivity contribution in [2.24, 2.45) is 0 Å². The molecule has 1 aromatic heterocycles. The van der Waals surface area contributed by atoms with Crippen LogP contribution in [0.4, 0.5) is 0 Å². The lowest BCUT2D eigenvalue weighted by Crippen LogP contribution is -2.34. The van der Waals surface area contributed by atoms with E-state index in [0.717, 1.165) is 19.3 Å². The number of rotatable bonds is 4. The number of benzene rings is 1. The summed E-state index contributed by atoms with van der Waals surface area (Å²) in [6, 6.07) is 9.99. The number of nitrogens with zero attached hydrogens (tertiary/aromatic N) is 1. The average Bonchev–Trinajstić information content (AvgIpc) is 2.91. The van der Waals surface area contributed by atoms with E-state index in [1.54, 1.807) is 13.0 Å². The van der Waals surface area contributed by atoms with Gasteiger partial charge in [0.25, 0.3) is 11.8 Å². The molecule has 21 heavy (non-hydrogen) atoms. The third-order valence-corrected chi connectivity index (χ3v) is 3.66. The number of fused-ring (bicyclic) bond motifs is 1. The molecule has 0 radical (unpaired) electrons. The van der Waals surface area contributed by atoms with E-state index in [1.807, 2.05) is 12.1 Å². The lowest BCUT2D eigenvalue weighted by molar-refractivity contribution is -0.124. The van der Waals surface area contributed by atoms with Gasteiger partial charge in [0.2, 0.25) is 0 Å². The van der Waals surface area contributed by atoms with E-state index >= 15 is 0 Å². The first kappa shape index (κ1) is 13.7. The molecule has 1 N–H and O–H groups in total. The van der Waals surface area contributed by atoms with E-state index < -0.39 is 0 Å². The van der Waals surface area contributed by atoms with Crippen LogP contribution in [0.25, 0.3) is 0 Å². The van der Waals surface area contributed by atoms with E-state index in [4.69, 9.17) is 9.26 Å². The minimum absolute atomic E-state index is 0.0510. The Hall–Kier alpha value is -2.30. The van der Waals surface area contributed by atoms with E-state index in [0.29, 0.717) is 11.6 Å². The van der Waals surface area contributed by atoms with Crippen molar-refractivity contribution >= 4 is 5.91 Å². The number of nitrogens with one attached hydrogen (secondary N) is 1. The molecule has 5 nitrogen and oxygen atoms in total. The van der Waals surface area contributed by atoms with Gasteiger partial charge in [-0.05, 0) is 42.5 Å². The summed E-state index contributed by atoms with van der Waals surface area (Å²) >= 11 is 0. The summed E-state index contributed by atoms with van der Waals surface area (Å²) in [7, 11) is 0. The van der Waals surface area contributed by atoms with Crippen LogP contribution < -0.4 is 10.1 Å². The zero-order chi connectivity index (χ0) is 14.7. The number of aromatic nitrogens is 1. The molecule has 0 saturated heterocycles. The maximum Gasteiger partial charge on any atom is 0.258 e. The first-order valence-corrected chi connectivity index (χ1v) is 7.15. The molecule has 1 amide bonds. The summed E-state index contributed by atoms with van der Waals surface area (Å²) in [5, 5.41) is 6.72. The van der Waals surface area contributed by atoms with E-state index in [-0.39, 0.29) is 18.6 Å². The molecule has 0 fully saturated rings. The molecule has 2 aromatic rings. The van der Waals surface area contributed by atoms with Crippen LogP contribution in [-0.4, -0.2) is 17.7 Å². The van der Waals surface area contributed by atoms with Crippen molar-refractivity contribution in [3.63, 3.8) is 0 Å². The number of carbonyl (C=O) groups is 1. The van der Waals surface area contributed by atoms with Crippen molar-refractivity contribution < 1.29 is 14.1 Å². The van der Waals surface area contributed by atoms with Gasteiger partial charge in [0, 0.05) is 6.07 Å². The highest BCUT2D eigenvalue weighted by Gasteiger charge is 2.21. The molecule has 1 aliphatic rings. The summed E-state index contributed by atoms with van der Waals surface area (Å²) in [4.78, 5) is 12.0. The highest BCUT2D eigenvalue weighted by atomic mass is 16.5. The smallest absolute Gasteiger partial charge is 0.258 e. The van der Waals surface area contributed by atoms with Crippen LogP contribution in [-0.2, 0) is 11.2 Å². The largest absolute Gasteiger partial charge is 0.465 e. The normalized spacial score (nSPS) is 17.1. The second kappa shape index (κ2) is 5.99. The maximum atomic E-state index is 12.0. The molecular formula is C16H18N2O3. The van der Waals surface area contributed by atoms with Crippen molar-refractivity contribution in [1.29, 1.82) is 0 Å². The van der Waals surface area contributed by atoms with Gasteiger partial charge in [-0.15, -0.1) is 0 Å². The minimum atomic E-state index is -0.141. The minimum Gasteiger partial charge on any atom is -0.465 e. The van der Waals surface area contributed by atoms with Crippen molar-refractivity contribution in [3.05, 3.63) is 47.2 Å². The summed E-state index contributed by atoms with van der Waals surface area (Å²) in [5.41, 5.74) is 2.54. The second-order valence-corrected chi connectivity index (χ2v) is 5.28. The number of ether oxygens (including phenoxy) is 1. The fraction of sp³-hybridized carbons (Fsp3) is 0.375. The zero-order valence-corrected chi connectivity index (χ0v) is 12.0. The lowest BCUT2D eigenvalue weighted by atomic mass is 9.88.